The van der Waals surface area contributed by atoms with Gasteiger partial charge in [0.05, 0.1) is 23.0 Å². The molecule has 1 aromatic rings. The van der Waals surface area contributed by atoms with E-state index < -0.39 is 0 Å². The highest BCUT2D eigenvalue weighted by Crippen LogP contribution is 2.29. The van der Waals surface area contributed by atoms with Crippen molar-refractivity contribution >= 4 is 21.6 Å². The second-order valence-electron chi connectivity index (χ2n) is 3.92. The fourth-order valence-electron chi connectivity index (χ4n) is 1.26. The second kappa shape index (κ2) is 5.95. The van der Waals surface area contributed by atoms with Crippen molar-refractivity contribution in [1.82, 2.24) is 4.98 Å². The molecule has 0 amide bonds. The lowest BCUT2D eigenvalue weighted by Crippen LogP contribution is -2.02. The van der Waals surface area contributed by atoms with Gasteiger partial charge in [0.1, 0.15) is 0 Å². The summed E-state index contributed by atoms with van der Waals surface area (Å²) in [5.74, 6) is 1.42. The summed E-state index contributed by atoms with van der Waals surface area (Å²) in [4.78, 5) is 3.95. The van der Waals surface area contributed by atoms with Crippen molar-refractivity contribution in [3.8, 4) is 5.75 Å². The van der Waals surface area contributed by atoms with Crippen LogP contribution in [0.2, 0.25) is 0 Å². The molecule has 1 heterocycles. The van der Waals surface area contributed by atoms with Crippen LogP contribution >= 0.6 is 15.9 Å². The molecular formula is C11H17BrN2O. The number of nitrogens with two attached hydrogens (primary N) is 1. The van der Waals surface area contributed by atoms with Crippen LogP contribution in [-0.2, 0) is 0 Å². The van der Waals surface area contributed by atoms with Gasteiger partial charge in [-0.3, -0.25) is 4.98 Å². The van der Waals surface area contributed by atoms with Crippen molar-refractivity contribution in [3.63, 3.8) is 0 Å². The van der Waals surface area contributed by atoms with Gasteiger partial charge in [0.2, 0.25) is 0 Å². The summed E-state index contributed by atoms with van der Waals surface area (Å²) >= 11 is 3.36. The van der Waals surface area contributed by atoms with E-state index in [2.05, 4.69) is 34.8 Å². The predicted molar refractivity (Wildman–Crippen MR) is 65.9 cm³/mol. The molecule has 0 aliphatic heterocycles. The van der Waals surface area contributed by atoms with Gasteiger partial charge in [0, 0.05) is 6.20 Å². The third-order valence-electron chi connectivity index (χ3n) is 2.05. The molecule has 0 bridgehead atoms. The summed E-state index contributed by atoms with van der Waals surface area (Å²) in [7, 11) is 0. The minimum Gasteiger partial charge on any atom is -0.490 e. The molecular weight excluding hydrogens is 256 g/mol. The number of halogens is 1. The number of aromatic nitrogens is 1. The first kappa shape index (κ1) is 12.3. The number of anilines is 1. The standard InChI is InChI=1S/C11H17BrN2O/c1-8(2)4-3-5-15-11-9(12)6-14-7-10(11)13/h6-8H,3-5,13H2,1-2H3. The number of hydrogen-bond donors (Lipinski definition) is 1. The molecule has 2 N–H and O–H groups in total. The van der Waals surface area contributed by atoms with Crippen molar-refractivity contribution in [2.45, 2.75) is 26.7 Å². The summed E-state index contributed by atoms with van der Waals surface area (Å²) in [5, 5.41) is 0. The number of rotatable bonds is 5. The zero-order valence-electron chi connectivity index (χ0n) is 9.16. The zero-order chi connectivity index (χ0) is 11.3. The highest BCUT2D eigenvalue weighted by Gasteiger charge is 2.05. The Labute approximate surface area is 99.2 Å². The van der Waals surface area contributed by atoms with E-state index in [9.17, 15) is 0 Å². The first-order valence-electron chi connectivity index (χ1n) is 5.13. The zero-order valence-corrected chi connectivity index (χ0v) is 10.8. The van der Waals surface area contributed by atoms with Crippen molar-refractivity contribution < 1.29 is 4.74 Å². The van der Waals surface area contributed by atoms with Gasteiger partial charge in [0.25, 0.3) is 0 Å². The maximum absolute atomic E-state index is 5.75. The summed E-state index contributed by atoms with van der Waals surface area (Å²) in [5.41, 5.74) is 6.32. The van der Waals surface area contributed by atoms with E-state index in [1.165, 1.54) is 6.42 Å². The lowest BCUT2D eigenvalue weighted by atomic mass is 10.1. The van der Waals surface area contributed by atoms with Crippen molar-refractivity contribution in [3.05, 3.63) is 16.9 Å². The van der Waals surface area contributed by atoms with E-state index in [-0.39, 0.29) is 0 Å². The Morgan fingerprint density at radius 2 is 2.20 bits per heavy atom. The van der Waals surface area contributed by atoms with Crippen LogP contribution < -0.4 is 10.5 Å². The van der Waals surface area contributed by atoms with Crippen LogP contribution in [0.5, 0.6) is 5.75 Å². The van der Waals surface area contributed by atoms with E-state index in [0.29, 0.717) is 24.0 Å². The van der Waals surface area contributed by atoms with Gasteiger partial charge in [-0.25, -0.2) is 0 Å². The minimum atomic E-state index is 0.578. The van der Waals surface area contributed by atoms with E-state index in [1.54, 1.807) is 12.4 Å². The maximum atomic E-state index is 5.75. The number of hydrogen-bond acceptors (Lipinski definition) is 3. The molecule has 1 aromatic heterocycles. The second-order valence-corrected chi connectivity index (χ2v) is 4.78. The molecule has 0 spiro atoms. The van der Waals surface area contributed by atoms with Gasteiger partial charge in [-0.1, -0.05) is 13.8 Å². The molecule has 84 valence electrons. The van der Waals surface area contributed by atoms with E-state index in [4.69, 9.17) is 10.5 Å². The maximum Gasteiger partial charge on any atom is 0.159 e. The highest BCUT2D eigenvalue weighted by molar-refractivity contribution is 9.10. The number of pyridine rings is 1. The van der Waals surface area contributed by atoms with Gasteiger partial charge in [-0.05, 0) is 34.7 Å². The monoisotopic (exact) mass is 272 g/mol. The smallest absolute Gasteiger partial charge is 0.159 e. The summed E-state index contributed by atoms with van der Waals surface area (Å²) in [6.07, 6.45) is 5.51. The van der Waals surface area contributed by atoms with Crippen LogP contribution in [0.1, 0.15) is 26.7 Å². The van der Waals surface area contributed by atoms with Crippen LogP contribution in [-0.4, -0.2) is 11.6 Å². The third kappa shape index (κ3) is 4.08. The molecule has 0 aliphatic rings. The van der Waals surface area contributed by atoms with Crippen LogP contribution in [0, 0.1) is 5.92 Å². The minimum absolute atomic E-state index is 0.578. The van der Waals surface area contributed by atoms with Gasteiger partial charge < -0.3 is 10.5 Å². The van der Waals surface area contributed by atoms with Gasteiger partial charge in [0.15, 0.2) is 5.75 Å². The largest absolute Gasteiger partial charge is 0.490 e. The molecule has 0 aliphatic carbocycles. The first-order chi connectivity index (χ1) is 7.11. The van der Waals surface area contributed by atoms with Gasteiger partial charge >= 0.3 is 0 Å². The lowest BCUT2D eigenvalue weighted by molar-refractivity contribution is 0.297. The van der Waals surface area contributed by atoms with Crippen molar-refractivity contribution in [2.75, 3.05) is 12.3 Å². The molecule has 4 heteroatoms. The van der Waals surface area contributed by atoms with E-state index in [1.807, 2.05) is 0 Å². The number of nitrogens with zero attached hydrogens (tertiary/aromatic N) is 1. The summed E-state index contributed by atoms with van der Waals surface area (Å²) < 4.78 is 6.42. The Hall–Kier alpha value is -0.770. The Kier molecular flexibility index (Phi) is 4.88. The molecule has 0 radical (unpaired) electrons. The molecule has 3 nitrogen and oxygen atoms in total. The predicted octanol–water partition coefficient (Wildman–Crippen LogP) is 3.24. The molecule has 15 heavy (non-hydrogen) atoms. The van der Waals surface area contributed by atoms with Crippen LogP contribution in [0.15, 0.2) is 16.9 Å². The molecule has 0 saturated carbocycles. The lowest BCUT2D eigenvalue weighted by Gasteiger charge is -2.10. The SMILES string of the molecule is CC(C)CCCOc1c(N)cncc1Br. The Morgan fingerprint density at radius 1 is 1.47 bits per heavy atom. The molecule has 0 unspecified atom stereocenters. The molecule has 0 aromatic carbocycles. The molecule has 0 fully saturated rings. The quantitative estimate of drug-likeness (QED) is 0.838. The van der Waals surface area contributed by atoms with Gasteiger partial charge in [-0.2, -0.15) is 0 Å². The average molecular weight is 273 g/mol. The van der Waals surface area contributed by atoms with Crippen molar-refractivity contribution in [2.24, 2.45) is 5.92 Å². The third-order valence-corrected chi connectivity index (χ3v) is 2.62. The highest BCUT2D eigenvalue weighted by atomic mass is 79.9. The average Bonchev–Trinajstić information content (AvgIpc) is 2.15. The van der Waals surface area contributed by atoms with Crippen LogP contribution in [0.25, 0.3) is 0 Å². The topological polar surface area (TPSA) is 48.1 Å². The molecule has 1 rings (SSSR count). The Balaban J connectivity index is 2.43. The summed E-state index contributed by atoms with van der Waals surface area (Å²) in [6.45, 7) is 5.11. The molecule has 0 atom stereocenters. The molecule has 0 saturated heterocycles. The normalized spacial score (nSPS) is 10.7. The Bertz CT molecular complexity index is 295. The number of nitrogen functional groups attached to an aromatic ring is 1. The van der Waals surface area contributed by atoms with Crippen molar-refractivity contribution in [1.29, 1.82) is 0 Å². The summed E-state index contributed by atoms with van der Waals surface area (Å²) in [6, 6.07) is 0. The van der Waals surface area contributed by atoms with E-state index in [0.717, 1.165) is 10.9 Å². The Morgan fingerprint density at radius 3 is 2.80 bits per heavy atom. The van der Waals surface area contributed by atoms with E-state index >= 15 is 0 Å². The fraction of sp³-hybridized carbons (Fsp3) is 0.545. The fourth-order valence-corrected chi connectivity index (χ4v) is 1.72. The van der Waals surface area contributed by atoms with Crippen LogP contribution in [0.4, 0.5) is 5.69 Å². The van der Waals surface area contributed by atoms with Gasteiger partial charge in [-0.15, -0.1) is 0 Å². The first-order valence-corrected chi connectivity index (χ1v) is 5.92. The number of ether oxygens (including phenoxy) is 1. The van der Waals surface area contributed by atoms with Crippen LogP contribution in [0.3, 0.4) is 0 Å².